The molecular weight excluding hydrogens is 448 g/mol. The summed E-state index contributed by atoms with van der Waals surface area (Å²) in [4.78, 5) is 11.3. The number of benzene rings is 3. The van der Waals surface area contributed by atoms with E-state index in [2.05, 4.69) is 88.4 Å². The lowest BCUT2D eigenvalue weighted by Gasteiger charge is -2.17. The summed E-state index contributed by atoms with van der Waals surface area (Å²) in [5.41, 5.74) is 7.09. The quantitative estimate of drug-likeness (QED) is 0.186. The van der Waals surface area contributed by atoms with Crippen LogP contribution in [0.2, 0.25) is 0 Å². The van der Waals surface area contributed by atoms with E-state index in [1.807, 2.05) is 18.3 Å². The summed E-state index contributed by atoms with van der Waals surface area (Å²) in [6.07, 6.45) is 4.13. The Bertz CT molecular complexity index is 1290. The number of hydrogen-bond acceptors (Lipinski definition) is 4. The average Bonchev–Trinajstić information content (AvgIpc) is 3.40. The zero-order valence-corrected chi connectivity index (χ0v) is 21.0. The molecule has 0 saturated heterocycles. The molecule has 0 aliphatic heterocycles. The topological polar surface area (TPSA) is 79.0 Å². The molecule has 186 valence electrons. The molecule has 36 heavy (non-hydrogen) atoms. The number of H-pyrrole nitrogens is 1. The average molecular weight is 483 g/mol. The van der Waals surface area contributed by atoms with Crippen molar-refractivity contribution in [2.45, 2.75) is 26.2 Å². The Hall–Kier alpha value is -3.90. The van der Waals surface area contributed by atoms with E-state index in [0.717, 1.165) is 48.1 Å². The van der Waals surface area contributed by atoms with Crippen LogP contribution in [0.5, 0.6) is 5.75 Å². The van der Waals surface area contributed by atoms with E-state index < -0.39 is 0 Å². The lowest BCUT2D eigenvalue weighted by molar-refractivity contribution is -0.120. The smallest absolute Gasteiger partial charge is 0.219 e. The summed E-state index contributed by atoms with van der Waals surface area (Å²) < 4.78 is 5.94. The summed E-state index contributed by atoms with van der Waals surface area (Å²) >= 11 is 0. The second kappa shape index (κ2) is 12.7. The number of nitrogens with zero attached hydrogens (tertiary/aromatic N) is 1. The summed E-state index contributed by atoms with van der Waals surface area (Å²) in [6.45, 7) is 4.31. The molecule has 0 spiro atoms. The van der Waals surface area contributed by atoms with Crippen LogP contribution >= 0.6 is 0 Å². The van der Waals surface area contributed by atoms with Gasteiger partial charge in [-0.25, -0.2) is 0 Å². The van der Waals surface area contributed by atoms with Gasteiger partial charge in [0.2, 0.25) is 5.91 Å². The Labute approximate surface area is 212 Å². The van der Waals surface area contributed by atoms with Gasteiger partial charge in [-0.05, 0) is 71.5 Å². The molecule has 1 heterocycles. The van der Waals surface area contributed by atoms with E-state index in [4.69, 9.17) is 4.74 Å². The van der Waals surface area contributed by atoms with E-state index in [1.165, 1.54) is 22.3 Å². The number of rotatable bonds is 12. The zero-order chi connectivity index (χ0) is 25.2. The molecular formula is C30H34N4O2. The number of ether oxygens (including phenoxy) is 1. The highest BCUT2D eigenvalue weighted by atomic mass is 16.5. The van der Waals surface area contributed by atoms with Gasteiger partial charge in [0, 0.05) is 25.4 Å². The maximum atomic E-state index is 11.3. The van der Waals surface area contributed by atoms with Gasteiger partial charge >= 0.3 is 0 Å². The first kappa shape index (κ1) is 25.2. The van der Waals surface area contributed by atoms with Gasteiger partial charge in [-0.1, -0.05) is 55.5 Å². The second-order valence-electron chi connectivity index (χ2n) is 8.64. The van der Waals surface area contributed by atoms with Crippen LogP contribution < -0.4 is 15.4 Å². The molecule has 0 unspecified atom stereocenters. The minimum atomic E-state index is 0.0738. The Morgan fingerprint density at radius 2 is 1.72 bits per heavy atom. The van der Waals surface area contributed by atoms with Gasteiger partial charge in [0.25, 0.3) is 0 Å². The minimum absolute atomic E-state index is 0.0738. The summed E-state index contributed by atoms with van der Waals surface area (Å²) in [5.74, 6) is 0.915. The highest BCUT2D eigenvalue weighted by molar-refractivity contribution is 6.00. The Morgan fingerprint density at radius 1 is 0.944 bits per heavy atom. The van der Waals surface area contributed by atoms with Gasteiger partial charge in [0.05, 0.1) is 11.7 Å². The van der Waals surface area contributed by atoms with Gasteiger partial charge in [0.1, 0.15) is 12.4 Å². The van der Waals surface area contributed by atoms with E-state index in [-0.39, 0.29) is 5.91 Å². The number of aromatic nitrogens is 2. The van der Waals surface area contributed by atoms with Crippen molar-refractivity contribution >= 4 is 28.0 Å². The van der Waals surface area contributed by atoms with Gasteiger partial charge in [0.15, 0.2) is 0 Å². The van der Waals surface area contributed by atoms with Crippen molar-refractivity contribution in [2.24, 2.45) is 0 Å². The molecule has 0 atom stereocenters. The first-order chi connectivity index (χ1) is 17.7. The Morgan fingerprint density at radius 3 is 2.47 bits per heavy atom. The van der Waals surface area contributed by atoms with Crippen molar-refractivity contribution in [3.63, 3.8) is 0 Å². The standard InChI is InChI=1S/C30H34N4O2/c1-3-27(22-8-5-4-6-9-22)30(24-13-16-28-25(20-24)21-33-34-28)23-11-14-26(15-12-23)36-19-18-32-17-7-10-29(35)31-2/h4-6,8-9,11-16,20-21,32H,3,7,10,17-19H2,1-2H3,(H,31,35)(H,33,34). The maximum Gasteiger partial charge on any atom is 0.219 e. The molecule has 0 saturated carbocycles. The highest BCUT2D eigenvalue weighted by Gasteiger charge is 2.14. The molecule has 1 aromatic heterocycles. The molecule has 4 rings (SSSR count). The molecule has 3 aromatic carbocycles. The van der Waals surface area contributed by atoms with Crippen molar-refractivity contribution in [1.82, 2.24) is 20.8 Å². The van der Waals surface area contributed by atoms with Crippen LogP contribution in [-0.4, -0.2) is 42.8 Å². The lowest BCUT2D eigenvalue weighted by Crippen LogP contribution is -2.24. The lowest BCUT2D eigenvalue weighted by atomic mass is 9.88. The predicted molar refractivity (Wildman–Crippen MR) is 147 cm³/mol. The number of hydrogen-bond donors (Lipinski definition) is 3. The third-order valence-corrected chi connectivity index (χ3v) is 6.23. The highest BCUT2D eigenvalue weighted by Crippen LogP contribution is 2.36. The number of amides is 1. The van der Waals surface area contributed by atoms with Gasteiger partial charge in [-0.2, -0.15) is 5.10 Å². The molecule has 4 aromatic rings. The fraction of sp³-hybridized carbons (Fsp3) is 0.267. The van der Waals surface area contributed by atoms with E-state index in [9.17, 15) is 4.79 Å². The van der Waals surface area contributed by atoms with Gasteiger partial charge in [-0.15, -0.1) is 0 Å². The van der Waals surface area contributed by atoms with Crippen molar-refractivity contribution in [3.05, 3.63) is 95.7 Å². The first-order valence-electron chi connectivity index (χ1n) is 12.6. The zero-order valence-electron chi connectivity index (χ0n) is 21.0. The van der Waals surface area contributed by atoms with Crippen LogP contribution in [0.3, 0.4) is 0 Å². The molecule has 0 aliphatic rings. The fourth-order valence-electron chi connectivity index (χ4n) is 4.36. The summed E-state index contributed by atoms with van der Waals surface area (Å²) in [7, 11) is 1.66. The summed E-state index contributed by atoms with van der Waals surface area (Å²) in [5, 5.41) is 14.3. The van der Waals surface area contributed by atoms with E-state index in [0.29, 0.717) is 13.0 Å². The van der Waals surface area contributed by atoms with Crippen molar-refractivity contribution in [3.8, 4) is 5.75 Å². The van der Waals surface area contributed by atoms with Crippen LogP contribution in [0.15, 0.2) is 79.0 Å². The van der Waals surface area contributed by atoms with E-state index in [1.54, 1.807) is 7.05 Å². The number of carbonyl (C=O) groups is 1. The largest absolute Gasteiger partial charge is 0.492 e. The van der Waals surface area contributed by atoms with Crippen LogP contribution in [-0.2, 0) is 4.79 Å². The van der Waals surface area contributed by atoms with Gasteiger partial charge < -0.3 is 15.4 Å². The van der Waals surface area contributed by atoms with Gasteiger partial charge in [-0.3, -0.25) is 9.89 Å². The van der Waals surface area contributed by atoms with Crippen LogP contribution in [0.4, 0.5) is 0 Å². The first-order valence-corrected chi connectivity index (χ1v) is 12.6. The predicted octanol–water partition coefficient (Wildman–Crippen LogP) is 5.43. The minimum Gasteiger partial charge on any atom is -0.492 e. The SMILES string of the molecule is CCC(=C(c1ccc(OCCNCCCC(=O)NC)cc1)c1ccc2[nH]ncc2c1)c1ccccc1. The molecule has 6 heteroatoms. The Kier molecular flexibility index (Phi) is 8.89. The van der Waals surface area contributed by atoms with Crippen LogP contribution in [0, 0.1) is 0 Å². The number of nitrogens with one attached hydrogen (secondary N) is 3. The Balaban J connectivity index is 1.51. The number of allylic oxidation sites excluding steroid dienone is 1. The number of aromatic amines is 1. The van der Waals surface area contributed by atoms with Crippen LogP contribution in [0.25, 0.3) is 22.0 Å². The normalized spacial score (nSPS) is 11.8. The monoisotopic (exact) mass is 482 g/mol. The van der Waals surface area contributed by atoms with Crippen molar-refractivity contribution < 1.29 is 9.53 Å². The third kappa shape index (κ3) is 6.40. The fourth-order valence-corrected chi connectivity index (χ4v) is 4.36. The second-order valence-corrected chi connectivity index (χ2v) is 8.64. The molecule has 0 aliphatic carbocycles. The molecule has 6 nitrogen and oxygen atoms in total. The van der Waals surface area contributed by atoms with Crippen molar-refractivity contribution in [1.29, 1.82) is 0 Å². The number of carbonyl (C=O) groups excluding carboxylic acids is 1. The molecule has 0 fully saturated rings. The molecule has 3 N–H and O–H groups in total. The third-order valence-electron chi connectivity index (χ3n) is 6.23. The summed E-state index contributed by atoms with van der Waals surface area (Å²) in [6, 6.07) is 25.4. The van der Waals surface area contributed by atoms with E-state index >= 15 is 0 Å². The number of fused-ring (bicyclic) bond motifs is 1. The molecule has 0 radical (unpaired) electrons. The molecule has 0 bridgehead atoms. The van der Waals surface area contributed by atoms with Crippen molar-refractivity contribution in [2.75, 3.05) is 26.7 Å². The van der Waals surface area contributed by atoms with Crippen LogP contribution in [0.1, 0.15) is 42.9 Å². The molecule has 1 amide bonds. The maximum absolute atomic E-state index is 11.3.